The maximum Gasteiger partial charge on any atom is 0.0948 e. The van der Waals surface area contributed by atoms with Gasteiger partial charge in [-0.25, -0.2) is 4.98 Å². The van der Waals surface area contributed by atoms with Crippen LogP contribution in [0.5, 0.6) is 0 Å². The summed E-state index contributed by atoms with van der Waals surface area (Å²) in [5.74, 6) is 0. The third kappa shape index (κ3) is 2.84. The number of aromatic nitrogens is 2. The molecule has 2 heterocycles. The second-order valence-electron chi connectivity index (χ2n) is 3.48. The van der Waals surface area contributed by atoms with Crippen LogP contribution in [0.4, 0.5) is 0 Å². The Labute approximate surface area is 104 Å². The van der Waals surface area contributed by atoms with Gasteiger partial charge in [0.25, 0.3) is 0 Å². The maximum atomic E-state index is 5.86. The third-order valence-electron chi connectivity index (χ3n) is 2.37. The normalized spacial score (nSPS) is 10.9. The van der Waals surface area contributed by atoms with E-state index >= 15 is 0 Å². The SMILES string of the molecule is CCn1cncc1CNCc1ccc(Cl)s1. The van der Waals surface area contributed by atoms with Crippen molar-refractivity contribution >= 4 is 22.9 Å². The molecule has 3 nitrogen and oxygen atoms in total. The van der Waals surface area contributed by atoms with Crippen LogP contribution in [0.15, 0.2) is 24.7 Å². The lowest BCUT2D eigenvalue weighted by atomic mass is 10.4. The standard InChI is InChI=1S/C11H14ClN3S/c1-2-15-8-14-6-9(15)5-13-7-10-3-4-11(12)16-10/h3-4,6,8,13H,2,5,7H2,1H3. The Hall–Kier alpha value is -0.840. The summed E-state index contributed by atoms with van der Waals surface area (Å²) >= 11 is 7.48. The van der Waals surface area contributed by atoms with Crippen molar-refractivity contribution in [2.75, 3.05) is 0 Å². The molecule has 0 aliphatic heterocycles. The van der Waals surface area contributed by atoms with E-state index in [1.165, 1.54) is 10.6 Å². The van der Waals surface area contributed by atoms with Crippen LogP contribution in [0, 0.1) is 0 Å². The second kappa shape index (κ2) is 5.48. The average Bonchev–Trinajstić information content (AvgIpc) is 2.87. The Bertz CT molecular complexity index is 450. The molecule has 0 fully saturated rings. The van der Waals surface area contributed by atoms with E-state index in [9.17, 15) is 0 Å². The molecule has 86 valence electrons. The first-order valence-corrected chi connectivity index (χ1v) is 6.43. The van der Waals surface area contributed by atoms with E-state index in [1.54, 1.807) is 11.3 Å². The monoisotopic (exact) mass is 255 g/mol. The lowest BCUT2D eigenvalue weighted by Gasteiger charge is -2.05. The molecule has 0 unspecified atom stereocenters. The molecule has 0 aliphatic rings. The molecule has 2 aromatic heterocycles. The molecule has 0 amide bonds. The summed E-state index contributed by atoms with van der Waals surface area (Å²) in [6.45, 7) is 4.77. The molecular formula is C11H14ClN3S. The predicted molar refractivity (Wildman–Crippen MR) is 67.8 cm³/mol. The zero-order chi connectivity index (χ0) is 11.4. The highest BCUT2D eigenvalue weighted by Gasteiger charge is 2.01. The lowest BCUT2D eigenvalue weighted by Crippen LogP contribution is -2.14. The molecule has 2 aromatic rings. The summed E-state index contributed by atoms with van der Waals surface area (Å²) in [6.07, 6.45) is 3.76. The zero-order valence-corrected chi connectivity index (χ0v) is 10.7. The van der Waals surface area contributed by atoms with Crippen LogP contribution in [0.25, 0.3) is 0 Å². The van der Waals surface area contributed by atoms with Crippen LogP contribution in [-0.4, -0.2) is 9.55 Å². The molecule has 0 saturated carbocycles. The van der Waals surface area contributed by atoms with Crippen molar-refractivity contribution in [3.63, 3.8) is 0 Å². The Morgan fingerprint density at radius 1 is 1.44 bits per heavy atom. The number of halogens is 1. The zero-order valence-electron chi connectivity index (χ0n) is 9.11. The molecule has 1 N–H and O–H groups in total. The molecule has 0 aliphatic carbocycles. The Kier molecular flexibility index (Phi) is 3.98. The fourth-order valence-corrected chi connectivity index (χ4v) is 2.60. The quantitative estimate of drug-likeness (QED) is 0.890. The van der Waals surface area contributed by atoms with Gasteiger partial charge in [0.05, 0.1) is 16.4 Å². The van der Waals surface area contributed by atoms with Crippen molar-refractivity contribution in [1.82, 2.24) is 14.9 Å². The van der Waals surface area contributed by atoms with E-state index in [-0.39, 0.29) is 0 Å². The van der Waals surface area contributed by atoms with Crippen molar-refractivity contribution in [2.24, 2.45) is 0 Å². The van der Waals surface area contributed by atoms with Gasteiger partial charge in [-0.15, -0.1) is 11.3 Å². The lowest BCUT2D eigenvalue weighted by molar-refractivity contribution is 0.632. The van der Waals surface area contributed by atoms with Gasteiger partial charge in [0.15, 0.2) is 0 Å². The molecule has 2 rings (SSSR count). The number of nitrogens with zero attached hydrogens (tertiary/aromatic N) is 2. The Balaban J connectivity index is 1.84. The van der Waals surface area contributed by atoms with E-state index in [2.05, 4.69) is 27.9 Å². The largest absolute Gasteiger partial charge is 0.334 e. The molecule has 0 bridgehead atoms. The van der Waals surface area contributed by atoms with E-state index < -0.39 is 0 Å². The summed E-state index contributed by atoms with van der Waals surface area (Å²) in [4.78, 5) is 5.38. The first-order valence-electron chi connectivity index (χ1n) is 5.23. The van der Waals surface area contributed by atoms with Crippen LogP contribution in [0.3, 0.4) is 0 Å². The first-order chi connectivity index (χ1) is 7.79. The molecule has 0 atom stereocenters. The van der Waals surface area contributed by atoms with Crippen molar-refractivity contribution in [1.29, 1.82) is 0 Å². The van der Waals surface area contributed by atoms with E-state index in [0.29, 0.717) is 0 Å². The van der Waals surface area contributed by atoms with Gasteiger partial charge in [-0.2, -0.15) is 0 Å². The summed E-state index contributed by atoms with van der Waals surface area (Å²) < 4.78 is 2.98. The number of hydrogen-bond donors (Lipinski definition) is 1. The van der Waals surface area contributed by atoms with Crippen molar-refractivity contribution in [2.45, 2.75) is 26.6 Å². The van der Waals surface area contributed by atoms with Crippen LogP contribution in [-0.2, 0) is 19.6 Å². The number of thiophene rings is 1. The minimum atomic E-state index is 0.837. The van der Waals surface area contributed by atoms with Crippen molar-refractivity contribution < 1.29 is 0 Å². The van der Waals surface area contributed by atoms with Crippen LogP contribution in [0.1, 0.15) is 17.5 Å². The van der Waals surface area contributed by atoms with Gasteiger partial charge in [0.2, 0.25) is 0 Å². The molecule has 0 spiro atoms. The van der Waals surface area contributed by atoms with Gasteiger partial charge in [-0.05, 0) is 19.1 Å². The summed E-state index contributed by atoms with van der Waals surface area (Å²) in [5, 5.41) is 3.38. The van der Waals surface area contributed by atoms with E-state index in [0.717, 1.165) is 24.0 Å². The minimum absolute atomic E-state index is 0.837. The summed E-state index contributed by atoms with van der Waals surface area (Å²) in [5.41, 5.74) is 1.21. The Morgan fingerprint density at radius 2 is 2.31 bits per heavy atom. The molecule has 5 heteroatoms. The summed E-state index contributed by atoms with van der Waals surface area (Å²) in [7, 11) is 0. The van der Waals surface area contributed by atoms with Crippen LogP contribution < -0.4 is 5.32 Å². The van der Waals surface area contributed by atoms with Gasteiger partial charge in [-0.1, -0.05) is 11.6 Å². The number of aryl methyl sites for hydroxylation is 1. The first kappa shape index (κ1) is 11.6. The highest BCUT2D eigenvalue weighted by Crippen LogP contribution is 2.21. The van der Waals surface area contributed by atoms with E-state index in [1.807, 2.05) is 18.6 Å². The Morgan fingerprint density at radius 3 is 3.00 bits per heavy atom. The molecule has 0 saturated heterocycles. The van der Waals surface area contributed by atoms with Crippen LogP contribution >= 0.6 is 22.9 Å². The summed E-state index contributed by atoms with van der Waals surface area (Å²) in [6, 6.07) is 3.98. The minimum Gasteiger partial charge on any atom is -0.334 e. The molecular weight excluding hydrogens is 242 g/mol. The van der Waals surface area contributed by atoms with Crippen molar-refractivity contribution in [3.05, 3.63) is 39.6 Å². The fourth-order valence-electron chi connectivity index (χ4n) is 1.54. The smallest absolute Gasteiger partial charge is 0.0948 e. The maximum absolute atomic E-state index is 5.86. The fraction of sp³-hybridized carbons (Fsp3) is 0.364. The van der Waals surface area contributed by atoms with E-state index in [4.69, 9.17) is 11.6 Å². The highest BCUT2D eigenvalue weighted by molar-refractivity contribution is 7.16. The van der Waals surface area contributed by atoms with Crippen LogP contribution in [0.2, 0.25) is 4.34 Å². The van der Waals surface area contributed by atoms with Gasteiger partial charge in [0.1, 0.15) is 0 Å². The number of hydrogen-bond acceptors (Lipinski definition) is 3. The van der Waals surface area contributed by atoms with Gasteiger partial charge in [0, 0.05) is 30.7 Å². The third-order valence-corrected chi connectivity index (χ3v) is 3.60. The van der Waals surface area contributed by atoms with Gasteiger partial charge < -0.3 is 9.88 Å². The number of nitrogens with one attached hydrogen (secondary N) is 1. The number of rotatable bonds is 5. The highest BCUT2D eigenvalue weighted by atomic mass is 35.5. The molecule has 0 aromatic carbocycles. The van der Waals surface area contributed by atoms with Gasteiger partial charge in [-0.3, -0.25) is 0 Å². The molecule has 16 heavy (non-hydrogen) atoms. The van der Waals surface area contributed by atoms with Gasteiger partial charge >= 0.3 is 0 Å². The van der Waals surface area contributed by atoms with Crippen molar-refractivity contribution in [3.8, 4) is 0 Å². The molecule has 0 radical (unpaired) electrons. The predicted octanol–water partition coefficient (Wildman–Crippen LogP) is 2.91. The number of imidazole rings is 1. The second-order valence-corrected chi connectivity index (χ2v) is 5.28. The average molecular weight is 256 g/mol. The topological polar surface area (TPSA) is 29.9 Å².